The number of benzene rings is 2. The van der Waals surface area contributed by atoms with Crippen molar-refractivity contribution >= 4 is 10.8 Å². The Balaban J connectivity index is 2.18. The van der Waals surface area contributed by atoms with E-state index in [1.165, 1.54) is 16.3 Å². The van der Waals surface area contributed by atoms with Gasteiger partial charge in [-0.15, -0.1) is 0 Å². The fourth-order valence-corrected chi connectivity index (χ4v) is 2.50. The molecule has 0 saturated heterocycles. The lowest BCUT2D eigenvalue weighted by Crippen LogP contribution is -2.33. The van der Waals surface area contributed by atoms with Gasteiger partial charge in [0, 0.05) is 19.1 Å². The van der Waals surface area contributed by atoms with Crippen molar-refractivity contribution in [2.75, 3.05) is 6.54 Å². The molecule has 0 fully saturated rings. The molecule has 19 heavy (non-hydrogen) atoms. The number of rotatable bonds is 5. The molecule has 0 N–H and O–H groups in total. The van der Waals surface area contributed by atoms with Crippen LogP contribution < -0.4 is 0 Å². The summed E-state index contributed by atoms with van der Waals surface area (Å²) >= 11 is 0. The van der Waals surface area contributed by atoms with Gasteiger partial charge in [0.05, 0.1) is 0 Å². The number of hydrogen-bond donors (Lipinski definition) is 0. The lowest BCUT2D eigenvalue weighted by molar-refractivity contribution is 0.189. The molecule has 0 saturated carbocycles. The van der Waals surface area contributed by atoms with Gasteiger partial charge in [-0.3, -0.25) is 4.90 Å². The monoisotopic (exact) mass is 255 g/mol. The van der Waals surface area contributed by atoms with Gasteiger partial charge in [0.15, 0.2) is 0 Å². The van der Waals surface area contributed by atoms with Gasteiger partial charge in [0.1, 0.15) is 0 Å². The number of fused-ring (bicyclic) bond motifs is 1. The van der Waals surface area contributed by atoms with Gasteiger partial charge in [-0.05, 0) is 42.2 Å². The van der Waals surface area contributed by atoms with Crippen molar-refractivity contribution in [3.63, 3.8) is 0 Å². The molecule has 0 unspecified atom stereocenters. The maximum Gasteiger partial charge on any atom is 0.0236 e. The van der Waals surface area contributed by atoms with E-state index in [4.69, 9.17) is 0 Å². The molecule has 2 rings (SSSR count). The van der Waals surface area contributed by atoms with Crippen LogP contribution in [0.4, 0.5) is 0 Å². The van der Waals surface area contributed by atoms with Gasteiger partial charge in [-0.2, -0.15) is 0 Å². The summed E-state index contributed by atoms with van der Waals surface area (Å²) < 4.78 is 0. The van der Waals surface area contributed by atoms with Crippen molar-refractivity contribution < 1.29 is 0 Å². The fraction of sp³-hybridized carbons (Fsp3) is 0.444. The van der Waals surface area contributed by atoms with Crippen LogP contribution in [0.1, 0.15) is 33.3 Å². The van der Waals surface area contributed by atoms with Gasteiger partial charge in [-0.25, -0.2) is 0 Å². The molecule has 0 spiro atoms. The first-order valence-electron chi connectivity index (χ1n) is 7.28. The molecule has 0 aromatic heterocycles. The summed E-state index contributed by atoms with van der Waals surface area (Å²) in [5.74, 6) is 0.711. The Hall–Kier alpha value is -1.34. The Morgan fingerprint density at radius 3 is 2.21 bits per heavy atom. The van der Waals surface area contributed by atoms with Gasteiger partial charge in [-0.1, -0.05) is 50.2 Å². The molecule has 1 nitrogen and oxygen atoms in total. The SMILES string of the molecule is CC(C)CN(Cc1ccc2ccccc2c1)C(C)C. The highest BCUT2D eigenvalue weighted by Crippen LogP contribution is 2.18. The van der Waals surface area contributed by atoms with E-state index in [0.29, 0.717) is 12.0 Å². The van der Waals surface area contributed by atoms with Crippen molar-refractivity contribution in [2.24, 2.45) is 5.92 Å². The molecule has 0 atom stereocenters. The van der Waals surface area contributed by atoms with Crippen molar-refractivity contribution in [3.8, 4) is 0 Å². The van der Waals surface area contributed by atoms with E-state index < -0.39 is 0 Å². The molecule has 1 heteroatoms. The van der Waals surface area contributed by atoms with Crippen LogP contribution in [0.15, 0.2) is 42.5 Å². The smallest absolute Gasteiger partial charge is 0.0236 e. The normalized spacial score (nSPS) is 11.9. The first-order chi connectivity index (χ1) is 9.06. The second kappa shape index (κ2) is 6.21. The van der Waals surface area contributed by atoms with E-state index in [2.05, 4.69) is 75.1 Å². The summed E-state index contributed by atoms with van der Waals surface area (Å²) in [6.45, 7) is 11.3. The zero-order chi connectivity index (χ0) is 13.8. The standard InChI is InChI=1S/C18H25N/c1-14(2)12-19(15(3)4)13-16-9-10-17-7-5-6-8-18(17)11-16/h5-11,14-15H,12-13H2,1-4H3. The zero-order valence-corrected chi connectivity index (χ0v) is 12.6. The van der Waals surface area contributed by atoms with Crippen molar-refractivity contribution in [1.82, 2.24) is 4.90 Å². The van der Waals surface area contributed by atoms with Crippen LogP contribution in [-0.2, 0) is 6.54 Å². The summed E-state index contributed by atoms with van der Waals surface area (Å²) in [5, 5.41) is 2.67. The lowest BCUT2D eigenvalue weighted by Gasteiger charge is -2.28. The third kappa shape index (κ3) is 3.81. The van der Waals surface area contributed by atoms with Crippen LogP contribution in [0.25, 0.3) is 10.8 Å². The van der Waals surface area contributed by atoms with Crippen molar-refractivity contribution in [2.45, 2.75) is 40.3 Å². The van der Waals surface area contributed by atoms with Gasteiger partial charge >= 0.3 is 0 Å². The largest absolute Gasteiger partial charge is 0.296 e. The Bertz CT molecular complexity index is 528. The molecule has 2 aromatic rings. The molecule has 0 radical (unpaired) electrons. The number of nitrogens with zero attached hydrogens (tertiary/aromatic N) is 1. The molecular weight excluding hydrogens is 230 g/mol. The van der Waals surface area contributed by atoms with Crippen LogP contribution in [0.5, 0.6) is 0 Å². The topological polar surface area (TPSA) is 3.24 Å². The second-order valence-corrected chi connectivity index (χ2v) is 6.10. The molecule has 0 aliphatic carbocycles. The van der Waals surface area contributed by atoms with Crippen LogP contribution >= 0.6 is 0 Å². The van der Waals surface area contributed by atoms with Gasteiger partial charge in [0.2, 0.25) is 0 Å². The summed E-state index contributed by atoms with van der Waals surface area (Å²) in [4.78, 5) is 2.55. The van der Waals surface area contributed by atoms with E-state index >= 15 is 0 Å². The van der Waals surface area contributed by atoms with Crippen molar-refractivity contribution in [1.29, 1.82) is 0 Å². The minimum Gasteiger partial charge on any atom is -0.296 e. The van der Waals surface area contributed by atoms with Crippen LogP contribution in [0.3, 0.4) is 0 Å². The highest BCUT2D eigenvalue weighted by Gasteiger charge is 2.11. The molecule has 0 amide bonds. The van der Waals surface area contributed by atoms with Crippen molar-refractivity contribution in [3.05, 3.63) is 48.0 Å². The minimum atomic E-state index is 0.592. The fourth-order valence-electron chi connectivity index (χ4n) is 2.50. The first-order valence-corrected chi connectivity index (χ1v) is 7.28. The first kappa shape index (κ1) is 14.1. The summed E-state index contributed by atoms with van der Waals surface area (Å²) in [7, 11) is 0. The van der Waals surface area contributed by atoms with Crippen LogP contribution in [0, 0.1) is 5.92 Å². The quantitative estimate of drug-likeness (QED) is 0.748. The molecule has 0 aliphatic rings. The van der Waals surface area contributed by atoms with E-state index in [9.17, 15) is 0 Å². The second-order valence-electron chi connectivity index (χ2n) is 6.10. The molecule has 102 valence electrons. The number of hydrogen-bond acceptors (Lipinski definition) is 1. The average molecular weight is 255 g/mol. The highest BCUT2D eigenvalue weighted by atomic mass is 15.1. The summed E-state index contributed by atoms with van der Waals surface area (Å²) in [5.41, 5.74) is 1.41. The molecule has 0 heterocycles. The predicted octanol–water partition coefficient (Wildman–Crippen LogP) is 4.71. The van der Waals surface area contributed by atoms with Crippen LogP contribution in [-0.4, -0.2) is 17.5 Å². The Morgan fingerprint density at radius 2 is 1.58 bits per heavy atom. The molecular formula is C18H25N. The zero-order valence-electron chi connectivity index (χ0n) is 12.6. The van der Waals surface area contributed by atoms with E-state index in [1.807, 2.05) is 0 Å². The lowest BCUT2D eigenvalue weighted by atomic mass is 10.1. The Kier molecular flexibility index (Phi) is 4.60. The highest BCUT2D eigenvalue weighted by molar-refractivity contribution is 5.82. The van der Waals surface area contributed by atoms with E-state index in [0.717, 1.165) is 13.1 Å². The molecule has 2 aromatic carbocycles. The van der Waals surface area contributed by atoms with Gasteiger partial charge < -0.3 is 0 Å². The van der Waals surface area contributed by atoms with E-state index in [1.54, 1.807) is 0 Å². The average Bonchev–Trinajstić information content (AvgIpc) is 2.37. The third-order valence-electron chi connectivity index (χ3n) is 3.53. The maximum absolute atomic E-state index is 2.55. The Labute approximate surface area is 117 Å². The summed E-state index contributed by atoms with van der Waals surface area (Å²) in [6.07, 6.45) is 0. The Morgan fingerprint density at radius 1 is 0.895 bits per heavy atom. The predicted molar refractivity (Wildman–Crippen MR) is 84.3 cm³/mol. The van der Waals surface area contributed by atoms with E-state index in [-0.39, 0.29) is 0 Å². The molecule has 0 aliphatic heterocycles. The minimum absolute atomic E-state index is 0.592. The maximum atomic E-state index is 2.55. The summed E-state index contributed by atoms with van der Waals surface area (Å²) in [6, 6.07) is 16.0. The van der Waals surface area contributed by atoms with Crippen LogP contribution in [0.2, 0.25) is 0 Å². The van der Waals surface area contributed by atoms with Gasteiger partial charge in [0.25, 0.3) is 0 Å². The molecule has 0 bridgehead atoms. The third-order valence-corrected chi connectivity index (χ3v) is 3.53.